The summed E-state index contributed by atoms with van der Waals surface area (Å²) in [6, 6.07) is 11.8. The lowest BCUT2D eigenvalue weighted by Crippen LogP contribution is -2.48. The van der Waals surface area contributed by atoms with Crippen LogP contribution >= 0.6 is 22.6 Å². The molecule has 2 aliphatic rings. The summed E-state index contributed by atoms with van der Waals surface area (Å²) in [5, 5.41) is 0. The van der Waals surface area contributed by atoms with Crippen LogP contribution in [0.15, 0.2) is 53.4 Å². The van der Waals surface area contributed by atoms with Crippen molar-refractivity contribution in [2.45, 2.75) is 36.3 Å². The van der Waals surface area contributed by atoms with E-state index in [-0.39, 0.29) is 24.0 Å². The zero-order valence-corrected chi connectivity index (χ0v) is 20.4. The monoisotopic (exact) mass is 570 g/mol. The molecule has 0 radical (unpaired) electrons. The van der Waals surface area contributed by atoms with Crippen LogP contribution in [0, 0.1) is 3.57 Å². The number of carbonyl (C=O) groups is 2. The third kappa shape index (κ3) is 4.54. The Morgan fingerprint density at radius 2 is 1.81 bits per heavy atom. The Kier molecular flexibility index (Phi) is 6.84. The highest BCUT2D eigenvalue weighted by Crippen LogP contribution is 2.31. The predicted octanol–water partition coefficient (Wildman–Crippen LogP) is 2.80. The summed E-state index contributed by atoms with van der Waals surface area (Å²) in [6.45, 7) is 0.561. The van der Waals surface area contributed by atoms with Gasteiger partial charge < -0.3 is 9.47 Å². The summed E-state index contributed by atoms with van der Waals surface area (Å²) in [6.07, 6.45) is 0.989. The fourth-order valence-corrected chi connectivity index (χ4v) is 5.94. The minimum Gasteiger partial charge on any atom is -0.497 e. The number of hydrogen-bond acceptors (Lipinski definition) is 6. The van der Waals surface area contributed by atoms with Crippen molar-refractivity contribution in [3.63, 3.8) is 0 Å². The van der Waals surface area contributed by atoms with Crippen LogP contribution in [0.3, 0.4) is 0 Å². The normalized spacial score (nSPS) is 21.5. The predicted molar refractivity (Wildman–Crippen MR) is 126 cm³/mol. The fourth-order valence-electron chi connectivity index (χ4n) is 3.97. The summed E-state index contributed by atoms with van der Waals surface area (Å²) >= 11 is 2.14. The van der Waals surface area contributed by atoms with Gasteiger partial charge in [0.15, 0.2) is 0 Å². The van der Waals surface area contributed by atoms with E-state index in [1.807, 2.05) is 0 Å². The van der Waals surface area contributed by atoms with Gasteiger partial charge in [0, 0.05) is 16.7 Å². The van der Waals surface area contributed by atoms with E-state index in [2.05, 4.69) is 22.6 Å². The molecule has 0 bridgehead atoms. The van der Waals surface area contributed by atoms with Crippen LogP contribution in [0.25, 0.3) is 0 Å². The average Bonchev–Trinajstić information content (AvgIpc) is 3.40. The topological polar surface area (TPSA) is 93.2 Å². The van der Waals surface area contributed by atoms with Gasteiger partial charge in [0.1, 0.15) is 11.8 Å². The Bertz CT molecular complexity index is 1100. The third-order valence-corrected chi connectivity index (χ3v) is 8.24. The summed E-state index contributed by atoms with van der Waals surface area (Å²) in [4.78, 5) is 27.2. The second-order valence-electron chi connectivity index (χ2n) is 7.65. The number of methoxy groups -OCH3 is 1. The van der Waals surface area contributed by atoms with Crippen LogP contribution in [0.1, 0.15) is 19.3 Å². The number of hydrogen-bond donors (Lipinski definition) is 0. The van der Waals surface area contributed by atoms with Gasteiger partial charge in [0.25, 0.3) is 5.91 Å². The van der Waals surface area contributed by atoms with E-state index in [1.165, 1.54) is 19.2 Å². The molecule has 2 aromatic carbocycles. The first-order valence-corrected chi connectivity index (χ1v) is 12.7. The maximum atomic E-state index is 13.6. The first-order valence-electron chi connectivity index (χ1n) is 10.2. The van der Waals surface area contributed by atoms with Crippen molar-refractivity contribution in [2.24, 2.45) is 0 Å². The highest BCUT2D eigenvalue weighted by molar-refractivity contribution is 14.1. The largest absolute Gasteiger partial charge is 0.497 e. The molecular weight excluding hydrogens is 547 g/mol. The molecule has 2 aliphatic heterocycles. The highest BCUT2D eigenvalue weighted by Gasteiger charge is 2.47. The van der Waals surface area contributed by atoms with Gasteiger partial charge in [-0.15, -0.1) is 0 Å². The van der Waals surface area contributed by atoms with Gasteiger partial charge in [-0.05, 0) is 84.0 Å². The number of rotatable bonds is 7. The molecule has 0 saturated carbocycles. The number of nitrogens with zero attached hydrogens (tertiary/aromatic N) is 2. The molecule has 0 aliphatic carbocycles. The Morgan fingerprint density at radius 1 is 1.12 bits per heavy atom. The van der Waals surface area contributed by atoms with Gasteiger partial charge in [0.05, 0.1) is 30.2 Å². The van der Waals surface area contributed by atoms with Gasteiger partial charge in [-0.2, -0.15) is 4.31 Å². The molecule has 8 nitrogen and oxygen atoms in total. The molecule has 0 N–H and O–H groups in total. The third-order valence-electron chi connectivity index (χ3n) is 5.63. The number of imide groups is 1. The smallest absolute Gasteiger partial charge is 0.252 e. The van der Waals surface area contributed by atoms with Gasteiger partial charge in [-0.1, -0.05) is 0 Å². The number of anilines is 1. The van der Waals surface area contributed by atoms with E-state index in [1.54, 1.807) is 36.4 Å². The molecular formula is C22H23IN2O6S. The first kappa shape index (κ1) is 23.1. The van der Waals surface area contributed by atoms with Crippen LogP contribution in [0.5, 0.6) is 5.75 Å². The minimum absolute atomic E-state index is 0.0125. The second-order valence-corrected chi connectivity index (χ2v) is 10.8. The second kappa shape index (κ2) is 9.46. The molecule has 2 amide bonds. The van der Waals surface area contributed by atoms with Crippen molar-refractivity contribution >= 4 is 50.1 Å². The molecule has 170 valence electrons. The number of ether oxygens (including phenoxy) is 2. The molecule has 2 aromatic rings. The summed E-state index contributed by atoms with van der Waals surface area (Å²) in [7, 11) is -2.57. The Labute approximate surface area is 200 Å². The first-order chi connectivity index (χ1) is 15.3. The van der Waals surface area contributed by atoms with Crippen molar-refractivity contribution in [1.82, 2.24) is 4.31 Å². The van der Waals surface area contributed by atoms with Crippen LogP contribution < -0.4 is 9.64 Å². The standard InChI is InChI=1S/C22H23IN2O6S/c1-30-17-8-10-19(11-9-17)32(28,29)24(14-18-3-2-12-31-18)20-13-21(26)25(22(20)27)16-6-4-15(23)5-7-16/h4-11,18,20H,2-3,12-14H2,1H3. The van der Waals surface area contributed by atoms with Crippen molar-refractivity contribution in [3.8, 4) is 5.75 Å². The highest BCUT2D eigenvalue weighted by atomic mass is 127. The molecule has 2 fully saturated rings. The van der Waals surface area contributed by atoms with E-state index >= 15 is 0 Å². The van der Waals surface area contributed by atoms with E-state index in [0.29, 0.717) is 24.5 Å². The fraction of sp³-hybridized carbons (Fsp3) is 0.364. The number of carbonyl (C=O) groups excluding carboxylic acids is 2. The van der Waals surface area contributed by atoms with Crippen molar-refractivity contribution in [1.29, 1.82) is 0 Å². The zero-order valence-electron chi connectivity index (χ0n) is 17.4. The summed E-state index contributed by atoms with van der Waals surface area (Å²) in [5.41, 5.74) is 0.432. The molecule has 10 heteroatoms. The molecule has 0 aromatic heterocycles. The number of benzene rings is 2. The molecule has 0 spiro atoms. The number of sulfonamides is 1. The molecule has 32 heavy (non-hydrogen) atoms. The van der Waals surface area contributed by atoms with Gasteiger partial charge in [0.2, 0.25) is 15.9 Å². The molecule has 4 rings (SSSR count). The quantitative estimate of drug-likeness (QED) is 0.376. The van der Waals surface area contributed by atoms with Crippen LogP contribution in [-0.2, 0) is 24.3 Å². The van der Waals surface area contributed by atoms with Gasteiger partial charge in [-0.3, -0.25) is 9.59 Å². The molecule has 2 unspecified atom stereocenters. The van der Waals surface area contributed by atoms with E-state index in [4.69, 9.17) is 9.47 Å². The van der Waals surface area contributed by atoms with E-state index < -0.39 is 27.9 Å². The molecule has 2 saturated heterocycles. The summed E-state index contributed by atoms with van der Waals surface area (Å²) in [5.74, 6) is -0.457. The Morgan fingerprint density at radius 3 is 2.41 bits per heavy atom. The lowest BCUT2D eigenvalue weighted by Gasteiger charge is -2.29. The molecule has 2 heterocycles. The lowest BCUT2D eigenvalue weighted by molar-refractivity contribution is -0.122. The van der Waals surface area contributed by atoms with E-state index in [0.717, 1.165) is 19.2 Å². The Balaban J connectivity index is 1.68. The number of halogens is 1. The SMILES string of the molecule is COc1ccc(S(=O)(=O)N(CC2CCCO2)C2CC(=O)N(c3ccc(I)cc3)C2=O)cc1. The summed E-state index contributed by atoms with van der Waals surface area (Å²) < 4.78 is 40.1. The van der Waals surface area contributed by atoms with Gasteiger partial charge in [-0.25, -0.2) is 13.3 Å². The minimum atomic E-state index is -4.07. The van der Waals surface area contributed by atoms with Crippen molar-refractivity contribution in [3.05, 3.63) is 52.1 Å². The van der Waals surface area contributed by atoms with Crippen molar-refractivity contribution in [2.75, 3.05) is 25.2 Å². The lowest BCUT2D eigenvalue weighted by atomic mass is 10.2. The zero-order chi connectivity index (χ0) is 22.9. The maximum Gasteiger partial charge on any atom is 0.252 e. The van der Waals surface area contributed by atoms with Gasteiger partial charge >= 0.3 is 0 Å². The van der Waals surface area contributed by atoms with E-state index in [9.17, 15) is 18.0 Å². The van der Waals surface area contributed by atoms with Crippen LogP contribution in [0.2, 0.25) is 0 Å². The maximum absolute atomic E-state index is 13.6. The van der Waals surface area contributed by atoms with Crippen molar-refractivity contribution < 1.29 is 27.5 Å². The molecule has 2 atom stereocenters. The van der Waals surface area contributed by atoms with Crippen LogP contribution in [-0.4, -0.2) is 56.9 Å². The number of amides is 2. The Hall–Kier alpha value is -2.02. The average molecular weight is 570 g/mol. The van der Waals surface area contributed by atoms with Crippen LogP contribution in [0.4, 0.5) is 5.69 Å².